The zero-order valence-corrected chi connectivity index (χ0v) is 13.2. The van der Waals surface area contributed by atoms with Crippen LogP contribution in [0.1, 0.15) is 28.3 Å². The van der Waals surface area contributed by atoms with E-state index in [1.807, 2.05) is 12.1 Å². The van der Waals surface area contributed by atoms with E-state index in [9.17, 15) is 9.18 Å². The van der Waals surface area contributed by atoms with Crippen LogP contribution in [0.2, 0.25) is 0 Å². The molecule has 126 valence electrons. The monoisotopic (exact) mass is 329 g/mol. The maximum absolute atomic E-state index is 13.1. The third-order valence-electron chi connectivity index (χ3n) is 4.47. The summed E-state index contributed by atoms with van der Waals surface area (Å²) in [6, 6.07) is 13.1. The van der Waals surface area contributed by atoms with Crippen LogP contribution >= 0.6 is 0 Å². The molecule has 0 bridgehead atoms. The van der Waals surface area contributed by atoms with E-state index in [1.165, 1.54) is 24.3 Å². The van der Waals surface area contributed by atoms with Gasteiger partial charge in [-0.2, -0.15) is 0 Å². The minimum atomic E-state index is -0.950. The van der Waals surface area contributed by atoms with E-state index in [0.29, 0.717) is 18.3 Å². The molecule has 0 aliphatic carbocycles. The van der Waals surface area contributed by atoms with Gasteiger partial charge in [-0.15, -0.1) is 0 Å². The van der Waals surface area contributed by atoms with Crippen molar-refractivity contribution in [3.05, 3.63) is 65.5 Å². The molecule has 0 saturated carbocycles. The van der Waals surface area contributed by atoms with E-state index in [2.05, 4.69) is 5.32 Å². The van der Waals surface area contributed by atoms with Gasteiger partial charge in [0.1, 0.15) is 11.6 Å². The molecule has 2 N–H and O–H groups in total. The number of piperidine rings is 1. The standard InChI is InChI=1S/C19H20FNO3/c20-16-5-1-13(2-6-16)18-9-10-21-11-15(18)12-24-17-7-3-14(4-8-17)19(22)23/h1-8,15,18,21H,9-12H2,(H,22,23)/t15-,18-/m0/s1. The Morgan fingerprint density at radius 1 is 1.17 bits per heavy atom. The zero-order chi connectivity index (χ0) is 16.9. The van der Waals surface area contributed by atoms with Gasteiger partial charge in [-0.25, -0.2) is 9.18 Å². The summed E-state index contributed by atoms with van der Waals surface area (Å²) in [5.74, 6) is 0.0883. The lowest BCUT2D eigenvalue weighted by Crippen LogP contribution is -2.38. The molecular weight excluding hydrogens is 309 g/mol. The van der Waals surface area contributed by atoms with Crippen molar-refractivity contribution in [1.82, 2.24) is 5.32 Å². The number of halogens is 1. The highest BCUT2D eigenvalue weighted by Gasteiger charge is 2.27. The first-order valence-corrected chi connectivity index (χ1v) is 8.06. The predicted octanol–water partition coefficient (Wildman–Crippen LogP) is 3.30. The van der Waals surface area contributed by atoms with Crippen molar-refractivity contribution in [3.63, 3.8) is 0 Å². The lowest BCUT2D eigenvalue weighted by Gasteiger charge is -2.32. The molecule has 3 rings (SSSR count). The molecule has 2 atom stereocenters. The van der Waals surface area contributed by atoms with Gasteiger partial charge in [0.2, 0.25) is 0 Å². The van der Waals surface area contributed by atoms with Gasteiger partial charge >= 0.3 is 5.97 Å². The minimum Gasteiger partial charge on any atom is -0.493 e. The molecule has 1 heterocycles. The van der Waals surface area contributed by atoms with E-state index in [4.69, 9.17) is 9.84 Å². The normalized spacial score (nSPS) is 20.5. The van der Waals surface area contributed by atoms with Crippen molar-refractivity contribution in [3.8, 4) is 5.75 Å². The second kappa shape index (κ2) is 7.45. The fraction of sp³-hybridized carbons (Fsp3) is 0.316. The fourth-order valence-electron chi connectivity index (χ4n) is 3.14. The Labute approximate surface area is 140 Å². The summed E-state index contributed by atoms with van der Waals surface area (Å²) in [5.41, 5.74) is 1.37. The van der Waals surface area contributed by atoms with Gasteiger partial charge in [-0.1, -0.05) is 12.1 Å². The van der Waals surface area contributed by atoms with Crippen LogP contribution in [0.25, 0.3) is 0 Å². The van der Waals surface area contributed by atoms with Crippen molar-refractivity contribution in [2.24, 2.45) is 5.92 Å². The summed E-state index contributed by atoms with van der Waals surface area (Å²) >= 11 is 0. The maximum atomic E-state index is 13.1. The minimum absolute atomic E-state index is 0.223. The van der Waals surface area contributed by atoms with Gasteiger partial charge < -0.3 is 15.2 Å². The molecule has 0 unspecified atom stereocenters. The molecule has 0 spiro atoms. The van der Waals surface area contributed by atoms with Crippen LogP contribution in [0.4, 0.5) is 4.39 Å². The van der Waals surface area contributed by atoms with E-state index in [0.717, 1.165) is 25.1 Å². The van der Waals surface area contributed by atoms with Gasteiger partial charge in [-0.3, -0.25) is 0 Å². The van der Waals surface area contributed by atoms with Crippen LogP contribution in [0, 0.1) is 11.7 Å². The number of carbonyl (C=O) groups is 1. The molecule has 2 aromatic rings. The highest BCUT2D eigenvalue weighted by atomic mass is 19.1. The van der Waals surface area contributed by atoms with Gasteiger partial charge in [0.15, 0.2) is 0 Å². The molecule has 1 saturated heterocycles. The van der Waals surface area contributed by atoms with Gasteiger partial charge in [0.05, 0.1) is 12.2 Å². The molecule has 5 heteroatoms. The van der Waals surface area contributed by atoms with Crippen LogP contribution in [0.3, 0.4) is 0 Å². The first kappa shape index (κ1) is 16.5. The quantitative estimate of drug-likeness (QED) is 0.884. The molecule has 0 aromatic heterocycles. The molecular formula is C19H20FNO3. The van der Waals surface area contributed by atoms with Crippen LogP contribution < -0.4 is 10.1 Å². The number of carboxylic acid groups (broad SMARTS) is 1. The first-order valence-electron chi connectivity index (χ1n) is 8.06. The number of carboxylic acids is 1. The van der Waals surface area contributed by atoms with Crippen LogP contribution in [-0.4, -0.2) is 30.8 Å². The topological polar surface area (TPSA) is 58.6 Å². The van der Waals surface area contributed by atoms with Crippen LogP contribution in [0.5, 0.6) is 5.75 Å². The Bertz CT molecular complexity index is 685. The summed E-state index contributed by atoms with van der Waals surface area (Å²) in [6.45, 7) is 2.31. The van der Waals surface area contributed by atoms with Gasteiger partial charge in [0, 0.05) is 12.5 Å². The lowest BCUT2D eigenvalue weighted by molar-refractivity contribution is 0.0697. The maximum Gasteiger partial charge on any atom is 0.335 e. The number of ether oxygens (including phenoxy) is 1. The molecule has 2 aromatic carbocycles. The summed E-state index contributed by atoms with van der Waals surface area (Å²) in [6.07, 6.45) is 0.984. The predicted molar refractivity (Wildman–Crippen MR) is 89.0 cm³/mol. The number of benzene rings is 2. The largest absolute Gasteiger partial charge is 0.493 e. The van der Waals surface area contributed by atoms with E-state index >= 15 is 0 Å². The first-order chi connectivity index (χ1) is 11.6. The Kier molecular flexibility index (Phi) is 5.11. The molecule has 1 fully saturated rings. The van der Waals surface area contributed by atoms with Crippen LogP contribution in [0.15, 0.2) is 48.5 Å². The lowest BCUT2D eigenvalue weighted by atomic mass is 9.81. The van der Waals surface area contributed by atoms with E-state index in [1.54, 1.807) is 12.1 Å². The molecule has 4 nitrogen and oxygen atoms in total. The third kappa shape index (κ3) is 3.92. The Balaban J connectivity index is 1.65. The highest BCUT2D eigenvalue weighted by Crippen LogP contribution is 2.31. The Hall–Kier alpha value is -2.40. The van der Waals surface area contributed by atoms with Gasteiger partial charge in [0.25, 0.3) is 0 Å². The number of hydrogen-bond donors (Lipinski definition) is 2. The van der Waals surface area contributed by atoms with Crippen molar-refractivity contribution in [2.45, 2.75) is 12.3 Å². The van der Waals surface area contributed by atoms with E-state index < -0.39 is 5.97 Å². The second-order valence-electron chi connectivity index (χ2n) is 6.05. The average molecular weight is 329 g/mol. The Morgan fingerprint density at radius 2 is 1.88 bits per heavy atom. The summed E-state index contributed by atoms with van der Waals surface area (Å²) < 4.78 is 19.0. The summed E-state index contributed by atoms with van der Waals surface area (Å²) in [5, 5.41) is 12.3. The van der Waals surface area contributed by atoms with Crippen molar-refractivity contribution >= 4 is 5.97 Å². The van der Waals surface area contributed by atoms with Gasteiger partial charge in [-0.05, 0) is 60.8 Å². The van der Waals surface area contributed by atoms with Crippen LogP contribution in [-0.2, 0) is 0 Å². The molecule has 1 aliphatic rings. The molecule has 24 heavy (non-hydrogen) atoms. The van der Waals surface area contributed by atoms with Crippen molar-refractivity contribution in [2.75, 3.05) is 19.7 Å². The number of hydrogen-bond acceptors (Lipinski definition) is 3. The fourth-order valence-corrected chi connectivity index (χ4v) is 3.14. The van der Waals surface area contributed by atoms with E-state index in [-0.39, 0.29) is 17.3 Å². The second-order valence-corrected chi connectivity index (χ2v) is 6.05. The zero-order valence-electron chi connectivity index (χ0n) is 13.2. The Morgan fingerprint density at radius 3 is 2.54 bits per heavy atom. The SMILES string of the molecule is O=C(O)c1ccc(OC[C@@H]2CNCC[C@H]2c2ccc(F)cc2)cc1. The van der Waals surface area contributed by atoms with Crippen molar-refractivity contribution in [1.29, 1.82) is 0 Å². The van der Waals surface area contributed by atoms with Crippen molar-refractivity contribution < 1.29 is 19.0 Å². The summed E-state index contributed by atoms with van der Waals surface area (Å²) in [7, 11) is 0. The number of nitrogens with one attached hydrogen (secondary N) is 1. The molecule has 1 aliphatic heterocycles. The smallest absolute Gasteiger partial charge is 0.335 e. The number of rotatable bonds is 5. The molecule has 0 radical (unpaired) electrons. The summed E-state index contributed by atoms with van der Waals surface area (Å²) in [4.78, 5) is 10.9. The number of aromatic carboxylic acids is 1. The highest BCUT2D eigenvalue weighted by molar-refractivity contribution is 5.87. The molecule has 0 amide bonds. The third-order valence-corrected chi connectivity index (χ3v) is 4.47. The average Bonchev–Trinajstić information content (AvgIpc) is 2.61.